The van der Waals surface area contributed by atoms with E-state index in [1.165, 1.54) is 16.7 Å². The monoisotopic (exact) mass is 198 g/mol. The lowest BCUT2D eigenvalue weighted by molar-refractivity contribution is 0.773. The van der Waals surface area contributed by atoms with Crippen LogP contribution in [0.1, 0.15) is 62.3 Å². The van der Waals surface area contributed by atoms with Gasteiger partial charge in [0.15, 0.2) is 0 Å². The lowest BCUT2D eigenvalue weighted by atomic mass is 10.1. The van der Waals surface area contributed by atoms with E-state index in [4.69, 9.17) is 0 Å². The van der Waals surface area contributed by atoms with Crippen LogP contribution in [0.15, 0.2) is 23.3 Å². The Morgan fingerprint density at radius 3 is 0.929 bits per heavy atom. The highest BCUT2D eigenvalue weighted by molar-refractivity contribution is 5.02. The van der Waals surface area contributed by atoms with Crippen LogP contribution in [0.2, 0.25) is 0 Å². The molecule has 0 aromatic carbocycles. The smallest absolute Gasteiger partial charge is 0.0266 e. The van der Waals surface area contributed by atoms with Gasteiger partial charge >= 0.3 is 0 Å². The molecule has 0 atom stereocenters. The molecule has 0 amide bonds. The third-order valence-corrected chi connectivity index (χ3v) is 1.99. The van der Waals surface area contributed by atoms with Crippen LogP contribution in [0.4, 0.5) is 0 Å². The van der Waals surface area contributed by atoms with Crippen LogP contribution >= 0.6 is 0 Å². The topological polar surface area (TPSA) is 0 Å². The molecule has 0 bridgehead atoms. The first-order chi connectivity index (χ1) is 6.29. The number of allylic oxidation sites excluding steroid dienone is 3. The van der Waals surface area contributed by atoms with Crippen molar-refractivity contribution in [2.75, 3.05) is 0 Å². The van der Waals surface area contributed by atoms with E-state index in [0.717, 1.165) is 0 Å². The zero-order valence-electron chi connectivity index (χ0n) is 11.8. The van der Waals surface area contributed by atoms with Crippen molar-refractivity contribution in [3.8, 4) is 0 Å². The van der Waals surface area contributed by atoms with Crippen molar-refractivity contribution in [1.29, 1.82) is 0 Å². The first kappa shape index (κ1) is 19.1. The molecule has 0 saturated heterocycles. The highest BCUT2D eigenvalue weighted by Gasteiger charge is 1.87. The van der Waals surface area contributed by atoms with Gasteiger partial charge in [0.25, 0.3) is 0 Å². The quantitative estimate of drug-likeness (QED) is 0.481. The maximum Gasteiger partial charge on any atom is -0.0266 e. The molecule has 0 saturated carbocycles. The Labute approximate surface area is 92.1 Å². The third-order valence-electron chi connectivity index (χ3n) is 1.99. The summed E-state index contributed by atoms with van der Waals surface area (Å²) in [5.41, 5.74) is 4.11. The average molecular weight is 198 g/mol. The van der Waals surface area contributed by atoms with Gasteiger partial charge in [-0.1, -0.05) is 51.0 Å². The van der Waals surface area contributed by atoms with Crippen molar-refractivity contribution in [2.45, 2.75) is 62.3 Å². The predicted molar refractivity (Wildman–Crippen MR) is 70.7 cm³/mol. The van der Waals surface area contributed by atoms with Gasteiger partial charge in [0.2, 0.25) is 0 Å². The predicted octanol–water partition coefficient (Wildman–Crippen LogP) is 5.61. The molecular weight excluding hydrogens is 168 g/mol. The Morgan fingerprint density at radius 2 is 0.929 bits per heavy atom. The molecule has 0 aliphatic rings. The molecule has 0 fully saturated rings. The molecule has 0 spiro atoms. The number of hydrogen-bond acceptors (Lipinski definition) is 0. The average Bonchev–Trinajstić information content (AvgIpc) is 2.08. The minimum atomic E-state index is 0.657. The highest BCUT2D eigenvalue weighted by Crippen LogP contribution is 2.02. The summed E-state index contributed by atoms with van der Waals surface area (Å²) >= 11 is 0. The zero-order chi connectivity index (χ0) is 12.3. The van der Waals surface area contributed by atoms with E-state index in [1.54, 1.807) is 0 Å². The SMILES string of the molecule is C=C(C)C(C)C.CC.CC(C)=C(C)C. The summed E-state index contributed by atoms with van der Waals surface area (Å²) in [6.45, 7) is 22.6. The summed E-state index contributed by atoms with van der Waals surface area (Å²) in [6.07, 6.45) is 0. The molecule has 0 aliphatic heterocycles. The van der Waals surface area contributed by atoms with Gasteiger partial charge in [-0.05, 0) is 40.5 Å². The molecule has 0 aromatic heterocycles. The molecule has 0 aliphatic carbocycles. The van der Waals surface area contributed by atoms with Gasteiger partial charge in [-0.2, -0.15) is 0 Å². The molecular formula is C14H30. The highest BCUT2D eigenvalue weighted by atomic mass is 13.9. The second-order valence-corrected chi connectivity index (χ2v) is 4.00. The van der Waals surface area contributed by atoms with Crippen LogP contribution in [-0.2, 0) is 0 Å². The van der Waals surface area contributed by atoms with Crippen molar-refractivity contribution in [1.82, 2.24) is 0 Å². The van der Waals surface area contributed by atoms with Crippen LogP contribution < -0.4 is 0 Å². The third kappa shape index (κ3) is 22.5. The van der Waals surface area contributed by atoms with Gasteiger partial charge in [-0.15, -0.1) is 0 Å². The van der Waals surface area contributed by atoms with Gasteiger partial charge in [0.05, 0.1) is 0 Å². The Balaban J connectivity index is -0.000000147. The summed E-state index contributed by atoms with van der Waals surface area (Å²) in [5, 5.41) is 0. The van der Waals surface area contributed by atoms with Gasteiger partial charge in [0.1, 0.15) is 0 Å². The molecule has 14 heavy (non-hydrogen) atoms. The summed E-state index contributed by atoms with van der Waals surface area (Å²) in [5.74, 6) is 0.657. The van der Waals surface area contributed by atoms with Crippen LogP contribution in [-0.4, -0.2) is 0 Å². The molecule has 0 radical (unpaired) electrons. The molecule has 0 heteroatoms. The van der Waals surface area contributed by atoms with E-state index >= 15 is 0 Å². The van der Waals surface area contributed by atoms with Crippen molar-refractivity contribution in [3.05, 3.63) is 23.3 Å². The molecule has 0 aromatic rings. The second-order valence-electron chi connectivity index (χ2n) is 4.00. The lowest BCUT2D eigenvalue weighted by Gasteiger charge is -1.97. The number of hydrogen-bond donors (Lipinski definition) is 0. The maximum absolute atomic E-state index is 3.75. The zero-order valence-corrected chi connectivity index (χ0v) is 11.8. The van der Waals surface area contributed by atoms with Crippen molar-refractivity contribution < 1.29 is 0 Å². The summed E-state index contributed by atoms with van der Waals surface area (Å²) in [6, 6.07) is 0. The molecule has 0 rings (SSSR count). The largest absolute Gasteiger partial charge is 0.0999 e. The van der Waals surface area contributed by atoms with Crippen LogP contribution in [0.3, 0.4) is 0 Å². The standard InChI is InChI=1S/2C6H12.C2H6/c2*1-5(2)6(3)4;1-2/h1-4H3;6H,1H2,2-4H3;1-2H3. The molecule has 0 heterocycles. The van der Waals surface area contributed by atoms with E-state index < -0.39 is 0 Å². The summed E-state index contributed by atoms with van der Waals surface area (Å²) in [7, 11) is 0. The lowest BCUT2D eigenvalue weighted by Crippen LogP contribution is -1.83. The van der Waals surface area contributed by atoms with E-state index in [-0.39, 0.29) is 0 Å². The fraction of sp³-hybridized carbons (Fsp3) is 0.714. The Bertz CT molecular complexity index is 141. The minimum absolute atomic E-state index is 0.657. The van der Waals surface area contributed by atoms with Gasteiger partial charge < -0.3 is 0 Å². The van der Waals surface area contributed by atoms with E-state index in [1.807, 2.05) is 20.8 Å². The van der Waals surface area contributed by atoms with Crippen LogP contribution in [0.25, 0.3) is 0 Å². The summed E-state index contributed by atoms with van der Waals surface area (Å²) < 4.78 is 0. The second kappa shape index (κ2) is 12.5. The van der Waals surface area contributed by atoms with Crippen LogP contribution in [0.5, 0.6) is 0 Å². The normalized spacial score (nSPS) is 7.86. The van der Waals surface area contributed by atoms with Crippen molar-refractivity contribution >= 4 is 0 Å². The molecule has 0 nitrogen and oxygen atoms in total. The number of rotatable bonds is 1. The Morgan fingerprint density at radius 1 is 0.786 bits per heavy atom. The van der Waals surface area contributed by atoms with Crippen LogP contribution in [0, 0.1) is 5.92 Å². The molecule has 0 unspecified atom stereocenters. The minimum Gasteiger partial charge on any atom is -0.0999 e. The fourth-order valence-electron chi connectivity index (χ4n) is 0. The van der Waals surface area contributed by atoms with Crippen molar-refractivity contribution in [3.63, 3.8) is 0 Å². The first-order valence-corrected chi connectivity index (χ1v) is 5.55. The van der Waals surface area contributed by atoms with Gasteiger partial charge in [-0.3, -0.25) is 0 Å². The fourth-order valence-corrected chi connectivity index (χ4v) is 0. The van der Waals surface area contributed by atoms with E-state index in [0.29, 0.717) is 5.92 Å². The maximum atomic E-state index is 3.75. The molecule has 86 valence electrons. The summed E-state index contributed by atoms with van der Waals surface area (Å²) in [4.78, 5) is 0. The molecule has 0 N–H and O–H groups in total. The first-order valence-electron chi connectivity index (χ1n) is 5.55. The Hall–Kier alpha value is -0.520. The Kier molecular flexibility index (Phi) is 17.0. The van der Waals surface area contributed by atoms with Crippen molar-refractivity contribution in [2.24, 2.45) is 5.92 Å². The van der Waals surface area contributed by atoms with E-state index in [9.17, 15) is 0 Å². The van der Waals surface area contributed by atoms with E-state index in [2.05, 4.69) is 48.1 Å². The van der Waals surface area contributed by atoms with Gasteiger partial charge in [-0.25, -0.2) is 0 Å². The van der Waals surface area contributed by atoms with Gasteiger partial charge in [0, 0.05) is 0 Å².